The Balaban J connectivity index is 1.72. The first-order chi connectivity index (χ1) is 12.5. The molecule has 0 atom stereocenters. The number of rotatable bonds is 5. The maximum Gasteiger partial charge on any atom is 0.288 e. The SMILES string of the molecule is O=C(Nc1ccc(SC(F)F)cc1)C1=NN(c2ccccc2)C(=O)CC1. The summed E-state index contributed by atoms with van der Waals surface area (Å²) in [5.41, 5.74) is 1.30. The average molecular weight is 375 g/mol. The van der Waals surface area contributed by atoms with E-state index in [1.165, 1.54) is 17.1 Å². The molecule has 2 aromatic carbocycles. The zero-order valence-corrected chi connectivity index (χ0v) is 14.4. The fourth-order valence-corrected chi connectivity index (χ4v) is 2.91. The topological polar surface area (TPSA) is 61.8 Å². The van der Waals surface area contributed by atoms with Crippen LogP contribution in [0.2, 0.25) is 0 Å². The van der Waals surface area contributed by atoms with Crippen LogP contribution in [0.15, 0.2) is 64.6 Å². The summed E-state index contributed by atoms with van der Waals surface area (Å²) in [6, 6.07) is 15.0. The van der Waals surface area contributed by atoms with Crippen LogP contribution in [0, 0.1) is 0 Å². The van der Waals surface area contributed by atoms with Crippen LogP contribution < -0.4 is 10.3 Å². The molecule has 8 heteroatoms. The van der Waals surface area contributed by atoms with Crippen LogP contribution in [0.25, 0.3) is 0 Å². The number of anilines is 2. The van der Waals surface area contributed by atoms with Gasteiger partial charge in [0.15, 0.2) is 0 Å². The molecule has 5 nitrogen and oxygen atoms in total. The van der Waals surface area contributed by atoms with E-state index in [1.807, 2.05) is 6.07 Å². The van der Waals surface area contributed by atoms with Gasteiger partial charge in [0.2, 0.25) is 5.91 Å². The molecule has 0 unspecified atom stereocenters. The molecule has 0 radical (unpaired) electrons. The van der Waals surface area contributed by atoms with Crippen molar-refractivity contribution in [3.8, 4) is 0 Å². The summed E-state index contributed by atoms with van der Waals surface area (Å²) in [6.07, 6.45) is 0.429. The number of nitrogens with one attached hydrogen (secondary N) is 1. The maximum atomic E-state index is 12.4. The largest absolute Gasteiger partial charge is 0.321 e. The van der Waals surface area contributed by atoms with E-state index in [1.54, 1.807) is 36.4 Å². The summed E-state index contributed by atoms with van der Waals surface area (Å²) in [7, 11) is 0. The summed E-state index contributed by atoms with van der Waals surface area (Å²) in [5, 5.41) is 8.07. The number of benzene rings is 2. The first kappa shape index (κ1) is 18.1. The quantitative estimate of drug-likeness (QED) is 0.800. The van der Waals surface area contributed by atoms with Crippen molar-refractivity contribution in [2.75, 3.05) is 10.3 Å². The van der Waals surface area contributed by atoms with Crippen LogP contribution in [0.1, 0.15) is 12.8 Å². The number of hydrogen-bond acceptors (Lipinski definition) is 4. The van der Waals surface area contributed by atoms with E-state index in [-0.39, 0.29) is 24.5 Å². The summed E-state index contributed by atoms with van der Waals surface area (Å²) in [6.45, 7) is 0. The minimum atomic E-state index is -2.49. The summed E-state index contributed by atoms with van der Waals surface area (Å²) in [4.78, 5) is 24.9. The lowest BCUT2D eigenvalue weighted by Crippen LogP contribution is -2.36. The van der Waals surface area contributed by atoms with Crippen LogP contribution in [-0.4, -0.2) is 23.3 Å². The Hall–Kier alpha value is -2.74. The van der Waals surface area contributed by atoms with Crippen LogP contribution in [0.4, 0.5) is 20.2 Å². The highest BCUT2D eigenvalue weighted by molar-refractivity contribution is 7.99. The van der Waals surface area contributed by atoms with Gasteiger partial charge < -0.3 is 5.32 Å². The summed E-state index contributed by atoms with van der Waals surface area (Å²) < 4.78 is 24.7. The Morgan fingerprint density at radius 2 is 1.77 bits per heavy atom. The van der Waals surface area contributed by atoms with Crippen molar-refractivity contribution in [2.45, 2.75) is 23.5 Å². The second kappa shape index (κ2) is 8.09. The molecule has 0 saturated heterocycles. The third kappa shape index (κ3) is 4.45. The van der Waals surface area contributed by atoms with Gasteiger partial charge in [-0.15, -0.1) is 0 Å². The fourth-order valence-electron chi connectivity index (χ4n) is 2.41. The lowest BCUT2D eigenvalue weighted by molar-refractivity contribution is -0.118. The minimum absolute atomic E-state index is 0.180. The minimum Gasteiger partial charge on any atom is -0.321 e. The van der Waals surface area contributed by atoms with Crippen LogP contribution >= 0.6 is 11.8 Å². The zero-order chi connectivity index (χ0) is 18.5. The molecule has 1 N–H and O–H groups in total. The third-order valence-electron chi connectivity index (χ3n) is 3.63. The zero-order valence-electron chi connectivity index (χ0n) is 13.6. The van der Waals surface area contributed by atoms with Crippen LogP contribution in [0.3, 0.4) is 0 Å². The number of thioether (sulfide) groups is 1. The van der Waals surface area contributed by atoms with Gasteiger partial charge >= 0.3 is 0 Å². The number of halogens is 2. The van der Waals surface area contributed by atoms with Gasteiger partial charge in [-0.3, -0.25) is 9.59 Å². The summed E-state index contributed by atoms with van der Waals surface area (Å²) in [5.74, 6) is -3.10. The molecule has 0 spiro atoms. The molecule has 3 rings (SSSR count). The molecule has 0 bridgehead atoms. The Kier molecular flexibility index (Phi) is 5.62. The second-order valence-electron chi connectivity index (χ2n) is 5.44. The van der Waals surface area contributed by atoms with Gasteiger partial charge in [0.1, 0.15) is 5.71 Å². The Bertz CT molecular complexity index is 826. The molecule has 1 aliphatic heterocycles. The van der Waals surface area contributed by atoms with E-state index in [2.05, 4.69) is 10.4 Å². The van der Waals surface area contributed by atoms with E-state index < -0.39 is 11.7 Å². The van der Waals surface area contributed by atoms with Crippen molar-refractivity contribution < 1.29 is 18.4 Å². The highest BCUT2D eigenvalue weighted by Gasteiger charge is 2.25. The average Bonchev–Trinajstić information content (AvgIpc) is 2.64. The van der Waals surface area contributed by atoms with E-state index in [0.717, 1.165) is 0 Å². The highest BCUT2D eigenvalue weighted by Crippen LogP contribution is 2.26. The van der Waals surface area contributed by atoms with Gasteiger partial charge in [0, 0.05) is 23.4 Å². The van der Waals surface area contributed by atoms with E-state index in [4.69, 9.17) is 0 Å². The van der Waals surface area contributed by atoms with Gasteiger partial charge in [0.25, 0.3) is 11.7 Å². The molecule has 1 aliphatic rings. The predicted octanol–water partition coefficient (Wildman–Crippen LogP) is 4.12. The number of para-hydroxylation sites is 1. The highest BCUT2D eigenvalue weighted by atomic mass is 32.2. The second-order valence-corrected chi connectivity index (χ2v) is 6.51. The molecule has 26 heavy (non-hydrogen) atoms. The van der Waals surface area contributed by atoms with Crippen molar-refractivity contribution >= 4 is 40.7 Å². The smallest absolute Gasteiger partial charge is 0.288 e. The molecular weight excluding hydrogens is 360 g/mol. The van der Waals surface area contributed by atoms with Gasteiger partial charge in [-0.1, -0.05) is 30.0 Å². The van der Waals surface area contributed by atoms with Crippen LogP contribution in [0.5, 0.6) is 0 Å². The van der Waals surface area contributed by atoms with Crippen molar-refractivity contribution in [1.29, 1.82) is 0 Å². The van der Waals surface area contributed by atoms with Gasteiger partial charge in [-0.05, 0) is 36.4 Å². The van der Waals surface area contributed by atoms with E-state index >= 15 is 0 Å². The molecule has 0 fully saturated rings. The number of carbonyl (C=O) groups is 2. The monoisotopic (exact) mass is 375 g/mol. The standard InChI is InChI=1S/C18H15F2N3O2S/c19-18(20)26-14-8-6-12(7-9-14)21-17(25)15-10-11-16(24)23(22-15)13-4-2-1-3-5-13/h1-9,18H,10-11H2,(H,21,25). The molecule has 1 heterocycles. The third-order valence-corrected chi connectivity index (χ3v) is 4.36. The number of hydrazone groups is 1. The Morgan fingerprint density at radius 3 is 2.42 bits per heavy atom. The van der Waals surface area contributed by atoms with E-state index in [9.17, 15) is 18.4 Å². The molecule has 2 aromatic rings. The lowest BCUT2D eigenvalue weighted by atomic mass is 10.1. The number of carbonyl (C=O) groups excluding carboxylic acids is 2. The molecule has 0 saturated carbocycles. The summed E-state index contributed by atoms with van der Waals surface area (Å²) >= 11 is 0.438. The molecule has 2 amide bonds. The molecule has 0 aromatic heterocycles. The van der Waals surface area contributed by atoms with Gasteiger partial charge in [-0.25, -0.2) is 5.01 Å². The van der Waals surface area contributed by atoms with Crippen molar-refractivity contribution in [3.63, 3.8) is 0 Å². The van der Waals surface area contributed by atoms with E-state index in [0.29, 0.717) is 28.0 Å². The predicted molar refractivity (Wildman–Crippen MR) is 97.5 cm³/mol. The first-order valence-electron chi connectivity index (χ1n) is 7.84. The lowest BCUT2D eigenvalue weighted by Gasteiger charge is -2.23. The first-order valence-corrected chi connectivity index (χ1v) is 8.72. The van der Waals surface area contributed by atoms with Crippen molar-refractivity contribution in [1.82, 2.24) is 0 Å². The number of hydrogen-bond donors (Lipinski definition) is 1. The normalized spacial score (nSPS) is 14.3. The Labute approximate surface area is 153 Å². The molecule has 134 valence electrons. The Morgan fingerprint density at radius 1 is 1.08 bits per heavy atom. The van der Waals surface area contributed by atoms with Crippen molar-refractivity contribution in [2.24, 2.45) is 5.10 Å². The molecular formula is C18H15F2N3O2S. The number of amides is 2. The van der Waals surface area contributed by atoms with Crippen LogP contribution in [-0.2, 0) is 9.59 Å². The van der Waals surface area contributed by atoms with Gasteiger partial charge in [-0.2, -0.15) is 13.9 Å². The molecule has 0 aliphatic carbocycles. The maximum absolute atomic E-state index is 12.4. The van der Waals surface area contributed by atoms with Gasteiger partial charge in [0.05, 0.1) is 5.69 Å². The number of alkyl halides is 2. The number of nitrogens with zero attached hydrogens (tertiary/aromatic N) is 2. The fraction of sp³-hybridized carbons (Fsp3) is 0.167. The van der Waals surface area contributed by atoms with Crippen molar-refractivity contribution in [3.05, 3.63) is 54.6 Å².